The van der Waals surface area contributed by atoms with Gasteiger partial charge in [0.15, 0.2) is 0 Å². The van der Waals surface area contributed by atoms with Crippen molar-refractivity contribution >= 4 is 30.0 Å². The minimum Gasteiger partial charge on any atom is -0.464 e. The molecule has 1 aliphatic rings. The fourth-order valence-electron chi connectivity index (χ4n) is 4.40. The molecule has 0 aromatic heterocycles. The van der Waals surface area contributed by atoms with E-state index in [-0.39, 0.29) is 24.3 Å². The van der Waals surface area contributed by atoms with E-state index in [1.54, 1.807) is 4.90 Å². The molecule has 5 nitrogen and oxygen atoms in total. The molecule has 0 aliphatic carbocycles. The third kappa shape index (κ3) is 6.11. The molecule has 1 heterocycles. The maximum atomic E-state index is 13.3. The number of anilines is 1. The van der Waals surface area contributed by atoms with Gasteiger partial charge >= 0.3 is 5.97 Å². The Morgan fingerprint density at radius 1 is 0.969 bits per heavy atom. The Morgan fingerprint density at radius 3 is 2.12 bits per heavy atom. The van der Waals surface area contributed by atoms with Gasteiger partial charge in [-0.25, -0.2) is 4.79 Å². The monoisotopic (exact) mass is 458 g/mol. The number of hydrogen-bond acceptors (Lipinski definition) is 4. The zero-order chi connectivity index (χ0) is 22.1. The highest BCUT2D eigenvalue weighted by Crippen LogP contribution is 2.35. The molecule has 174 valence electrons. The van der Waals surface area contributed by atoms with Crippen LogP contribution in [0.15, 0.2) is 60.7 Å². The number of para-hydroxylation sites is 1. The van der Waals surface area contributed by atoms with Crippen molar-refractivity contribution < 1.29 is 14.3 Å². The number of carbonyl (C=O) groups is 2. The first-order valence-electron chi connectivity index (χ1n) is 11.4. The summed E-state index contributed by atoms with van der Waals surface area (Å²) in [4.78, 5) is 30.7. The largest absolute Gasteiger partial charge is 0.464 e. The molecule has 6 heteroatoms. The van der Waals surface area contributed by atoms with E-state index in [1.807, 2.05) is 50.2 Å². The average molecular weight is 459 g/mol. The molecular weight excluding hydrogens is 424 g/mol. The number of rotatable bonds is 9. The summed E-state index contributed by atoms with van der Waals surface area (Å²) in [7, 11) is 0. The molecule has 0 N–H and O–H groups in total. The van der Waals surface area contributed by atoms with Crippen molar-refractivity contribution in [3.63, 3.8) is 0 Å². The van der Waals surface area contributed by atoms with Gasteiger partial charge in [-0.3, -0.25) is 9.69 Å². The molecular formula is C26H35ClN2O3. The molecule has 32 heavy (non-hydrogen) atoms. The van der Waals surface area contributed by atoms with Gasteiger partial charge in [-0.15, -0.1) is 12.4 Å². The average Bonchev–Trinajstić information content (AvgIpc) is 2.80. The maximum absolute atomic E-state index is 13.3. The Labute approximate surface area is 198 Å². The van der Waals surface area contributed by atoms with Gasteiger partial charge in [-0.1, -0.05) is 55.5 Å². The molecule has 0 atom stereocenters. The molecule has 1 fully saturated rings. The van der Waals surface area contributed by atoms with Crippen LogP contribution in [0.25, 0.3) is 0 Å². The van der Waals surface area contributed by atoms with E-state index in [0.717, 1.165) is 38.2 Å². The first-order valence-corrected chi connectivity index (χ1v) is 11.4. The number of likely N-dealkylation sites (tertiary alicyclic amines) is 1. The van der Waals surface area contributed by atoms with Gasteiger partial charge in [0.25, 0.3) is 0 Å². The Balaban J connectivity index is 0.00000363. The highest BCUT2D eigenvalue weighted by Gasteiger charge is 2.50. The van der Waals surface area contributed by atoms with E-state index in [0.29, 0.717) is 25.9 Å². The summed E-state index contributed by atoms with van der Waals surface area (Å²) in [5, 5.41) is 0. The van der Waals surface area contributed by atoms with Gasteiger partial charge in [0, 0.05) is 31.7 Å². The van der Waals surface area contributed by atoms with Crippen LogP contribution in [0.5, 0.6) is 0 Å². The van der Waals surface area contributed by atoms with Gasteiger partial charge in [-0.2, -0.15) is 0 Å². The SMILES string of the molecule is CCCC(=O)N(c1ccccc1)C1(C(=O)OCC)CCN(CCc2ccccc2)CC1.Cl. The van der Waals surface area contributed by atoms with Gasteiger partial charge in [0.2, 0.25) is 5.91 Å². The normalized spacial score (nSPS) is 15.4. The van der Waals surface area contributed by atoms with Crippen LogP contribution >= 0.6 is 12.4 Å². The molecule has 2 aromatic carbocycles. The number of halogens is 1. The van der Waals surface area contributed by atoms with Crippen molar-refractivity contribution in [3.05, 3.63) is 66.2 Å². The third-order valence-electron chi connectivity index (χ3n) is 6.05. The van der Waals surface area contributed by atoms with E-state index in [4.69, 9.17) is 4.74 Å². The van der Waals surface area contributed by atoms with Crippen LogP contribution in [0.4, 0.5) is 5.69 Å². The van der Waals surface area contributed by atoms with Crippen molar-refractivity contribution in [2.45, 2.75) is 51.5 Å². The number of carbonyl (C=O) groups excluding carboxylic acids is 2. The Bertz CT molecular complexity index is 837. The zero-order valence-electron chi connectivity index (χ0n) is 19.2. The second-order valence-electron chi connectivity index (χ2n) is 8.14. The lowest BCUT2D eigenvalue weighted by molar-refractivity contribution is -0.153. The highest BCUT2D eigenvalue weighted by molar-refractivity contribution is 6.02. The Hall–Kier alpha value is -2.37. The number of piperidine rings is 1. The van der Waals surface area contributed by atoms with Crippen LogP contribution in [0, 0.1) is 0 Å². The molecule has 1 amide bonds. The van der Waals surface area contributed by atoms with Gasteiger partial charge in [0.05, 0.1) is 6.61 Å². The van der Waals surface area contributed by atoms with E-state index >= 15 is 0 Å². The predicted octanol–water partition coefficient (Wildman–Crippen LogP) is 4.88. The number of benzene rings is 2. The molecule has 2 aromatic rings. The Kier molecular flexibility index (Phi) is 10.2. The number of amides is 1. The summed E-state index contributed by atoms with van der Waals surface area (Å²) in [6.07, 6.45) is 3.28. The minimum atomic E-state index is -0.952. The van der Waals surface area contributed by atoms with E-state index in [9.17, 15) is 9.59 Å². The fourth-order valence-corrected chi connectivity index (χ4v) is 4.40. The smallest absolute Gasteiger partial charge is 0.332 e. The maximum Gasteiger partial charge on any atom is 0.332 e. The van der Waals surface area contributed by atoms with Crippen LogP contribution in [0.3, 0.4) is 0 Å². The van der Waals surface area contributed by atoms with Crippen LogP contribution in [-0.4, -0.2) is 48.6 Å². The first-order chi connectivity index (χ1) is 15.1. The number of hydrogen-bond donors (Lipinski definition) is 0. The number of nitrogens with zero attached hydrogens (tertiary/aromatic N) is 2. The zero-order valence-corrected chi connectivity index (χ0v) is 20.0. The summed E-state index contributed by atoms with van der Waals surface area (Å²) in [5.41, 5.74) is 1.13. The van der Waals surface area contributed by atoms with Crippen molar-refractivity contribution in [2.75, 3.05) is 31.1 Å². The summed E-state index contributed by atoms with van der Waals surface area (Å²) in [6, 6.07) is 20.0. The van der Waals surface area contributed by atoms with Crippen molar-refractivity contribution in [1.82, 2.24) is 4.90 Å². The van der Waals surface area contributed by atoms with Crippen molar-refractivity contribution in [2.24, 2.45) is 0 Å². The Morgan fingerprint density at radius 2 is 1.56 bits per heavy atom. The fraction of sp³-hybridized carbons (Fsp3) is 0.462. The molecule has 0 spiro atoms. The highest BCUT2D eigenvalue weighted by atomic mass is 35.5. The number of ether oxygens (including phenoxy) is 1. The van der Waals surface area contributed by atoms with Gasteiger partial charge in [-0.05, 0) is 50.3 Å². The quantitative estimate of drug-likeness (QED) is 0.502. The standard InChI is InChI=1S/C26H34N2O3.ClH/c1-3-11-24(29)28(23-14-9-6-10-15-23)26(25(30)31-4-2)17-20-27(21-18-26)19-16-22-12-7-5-8-13-22;/h5-10,12-15H,3-4,11,16-21H2,1-2H3;1H. The summed E-state index contributed by atoms with van der Waals surface area (Å²) in [6.45, 7) is 6.58. The van der Waals surface area contributed by atoms with Gasteiger partial charge < -0.3 is 9.64 Å². The van der Waals surface area contributed by atoms with Crippen LogP contribution in [-0.2, 0) is 20.7 Å². The second-order valence-corrected chi connectivity index (χ2v) is 8.14. The van der Waals surface area contributed by atoms with E-state index < -0.39 is 5.54 Å². The molecule has 0 bridgehead atoms. The topological polar surface area (TPSA) is 49.9 Å². The van der Waals surface area contributed by atoms with Crippen LogP contribution < -0.4 is 4.90 Å². The van der Waals surface area contributed by atoms with Crippen LogP contribution in [0.1, 0.15) is 45.1 Å². The predicted molar refractivity (Wildman–Crippen MR) is 131 cm³/mol. The van der Waals surface area contributed by atoms with Crippen LogP contribution in [0.2, 0.25) is 0 Å². The lowest BCUT2D eigenvalue weighted by Crippen LogP contribution is -2.63. The molecule has 1 aliphatic heterocycles. The molecule has 3 rings (SSSR count). The second kappa shape index (κ2) is 12.6. The molecule has 1 saturated heterocycles. The third-order valence-corrected chi connectivity index (χ3v) is 6.05. The summed E-state index contributed by atoms with van der Waals surface area (Å²) >= 11 is 0. The summed E-state index contributed by atoms with van der Waals surface area (Å²) in [5.74, 6) is -0.300. The lowest BCUT2D eigenvalue weighted by Gasteiger charge is -2.46. The molecule has 0 radical (unpaired) electrons. The molecule has 0 saturated carbocycles. The molecule has 0 unspecified atom stereocenters. The van der Waals surface area contributed by atoms with Crippen molar-refractivity contribution in [1.29, 1.82) is 0 Å². The minimum absolute atomic E-state index is 0. The van der Waals surface area contributed by atoms with Gasteiger partial charge in [0.1, 0.15) is 5.54 Å². The first kappa shape index (κ1) is 25.9. The lowest BCUT2D eigenvalue weighted by atomic mass is 9.84. The van der Waals surface area contributed by atoms with Crippen molar-refractivity contribution in [3.8, 4) is 0 Å². The number of esters is 1. The van der Waals surface area contributed by atoms with E-state index in [1.165, 1.54) is 5.56 Å². The summed E-state index contributed by atoms with van der Waals surface area (Å²) < 4.78 is 5.53. The van der Waals surface area contributed by atoms with E-state index in [2.05, 4.69) is 29.2 Å².